The molecule has 3 aromatic rings. The third kappa shape index (κ3) is 2.59. The highest BCUT2D eigenvalue weighted by molar-refractivity contribution is 5.85. The van der Waals surface area contributed by atoms with E-state index in [-0.39, 0.29) is 5.75 Å². The summed E-state index contributed by atoms with van der Waals surface area (Å²) in [5.41, 5.74) is 3.95. The smallest absolute Gasteiger partial charge is 0.177 e. The molecule has 2 heterocycles. The lowest BCUT2D eigenvalue weighted by molar-refractivity contribution is 0.373. The quantitative estimate of drug-likeness (QED) is 0.553. The van der Waals surface area contributed by atoms with Crippen LogP contribution in [0.1, 0.15) is 5.56 Å². The van der Waals surface area contributed by atoms with E-state index in [0.29, 0.717) is 22.8 Å². The van der Waals surface area contributed by atoms with Gasteiger partial charge in [-0.25, -0.2) is 0 Å². The summed E-state index contributed by atoms with van der Waals surface area (Å²) in [7, 11) is 1.49. The van der Waals surface area contributed by atoms with Crippen LogP contribution in [-0.4, -0.2) is 38.2 Å². The van der Waals surface area contributed by atoms with Crippen LogP contribution in [0, 0.1) is 0 Å². The summed E-state index contributed by atoms with van der Waals surface area (Å²) in [5, 5.41) is 25.7. The molecule has 0 spiro atoms. The maximum Gasteiger partial charge on any atom is 0.177 e. The predicted molar refractivity (Wildman–Crippen MR) is 76.7 cm³/mol. The lowest BCUT2D eigenvalue weighted by atomic mass is 10.2. The number of hydrogen-bond acceptors (Lipinski definition) is 7. The third-order valence-electron chi connectivity index (χ3n) is 2.79. The Kier molecular flexibility index (Phi) is 3.34. The van der Waals surface area contributed by atoms with Crippen molar-refractivity contribution in [1.82, 2.24) is 19.8 Å². The van der Waals surface area contributed by atoms with Gasteiger partial charge >= 0.3 is 0 Å². The fourth-order valence-electron chi connectivity index (χ4n) is 1.76. The first-order valence-electron chi connectivity index (χ1n) is 6.10. The zero-order valence-corrected chi connectivity index (χ0v) is 11.1. The Morgan fingerprint density at radius 1 is 1.33 bits per heavy atom. The summed E-state index contributed by atoms with van der Waals surface area (Å²) < 4.78 is 6.56. The number of aromatic hydroxyl groups is 1. The second-order valence-electron chi connectivity index (χ2n) is 4.12. The fourth-order valence-corrected chi connectivity index (χ4v) is 1.76. The fraction of sp³-hybridized carbons (Fsp3) is 0.0769. The van der Waals surface area contributed by atoms with E-state index in [1.165, 1.54) is 24.2 Å². The third-order valence-corrected chi connectivity index (χ3v) is 2.79. The van der Waals surface area contributed by atoms with E-state index >= 15 is 0 Å². The number of ether oxygens (including phenoxy) is 1. The molecule has 0 amide bonds. The van der Waals surface area contributed by atoms with Crippen LogP contribution in [0.4, 0.5) is 5.82 Å². The van der Waals surface area contributed by atoms with Crippen LogP contribution in [0.2, 0.25) is 0 Å². The number of anilines is 1. The summed E-state index contributed by atoms with van der Waals surface area (Å²) in [6.07, 6.45) is 2.98. The van der Waals surface area contributed by atoms with Crippen molar-refractivity contribution >= 4 is 17.7 Å². The summed E-state index contributed by atoms with van der Waals surface area (Å²) >= 11 is 0. The van der Waals surface area contributed by atoms with E-state index < -0.39 is 0 Å². The Balaban J connectivity index is 1.77. The van der Waals surface area contributed by atoms with E-state index in [4.69, 9.17) is 4.74 Å². The molecular weight excluding hydrogens is 272 g/mol. The molecule has 8 heteroatoms. The van der Waals surface area contributed by atoms with Gasteiger partial charge in [-0.2, -0.15) is 9.62 Å². The van der Waals surface area contributed by atoms with Gasteiger partial charge in [-0.1, -0.05) is 6.07 Å². The van der Waals surface area contributed by atoms with Gasteiger partial charge in [0.2, 0.25) is 0 Å². The first-order valence-corrected chi connectivity index (χ1v) is 6.10. The van der Waals surface area contributed by atoms with Gasteiger partial charge in [0.1, 0.15) is 6.33 Å². The number of nitrogens with one attached hydrogen (secondary N) is 1. The highest BCUT2D eigenvalue weighted by Gasteiger charge is 2.04. The van der Waals surface area contributed by atoms with E-state index in [0.717, 1.165) is 0 Å². The van der Waals surface area contributed by atoms with Gasteiger partial charge in [0.05, 0.1) is 13.3 Å². The molecule has 0 fully saturated rings. The van der Waals surface area contributed by atoms with Crippen molar-refractivity contribution in [2.24, 2.45) is 5.10 Å². The van der Waals surface area contributed by atoms with Crippen LogP contribution in [0.15, 0.2) is 41.8 Å². The Morgan fingerprint density at radius 2 is 2.24 bits per heavy atom. The lowest BCUT2D eigenvalue weighted by Gasteiger charge is -2.05. The topological polar surface area (TPSA) is 96.9 Å². The standard InChI is InChI=1S/C13H12N6O2/c1-21-10-4-2-3-9(13(10)20)7-14-16-11-5-6-12-17-15-8-19(12)18-11/h2-8,20H,1H3,(H,16,18). The largest absolute Gasteiger partial charge is 0.504 e. The number of hydrazone groups is 1. The lowest BCUT2D eigenvalue weighted by Crippen LogP contribution is -1.98. The minimum Gasteiger partial charge on any atom is -0.504 e. The highest BCUT2D eigenvalue weighted by Crippen LogP contribution is 2.27. The Labute approximate surface area is 119 Å². The van der Waals surface area contributed by atoms with Crippen LogP contribution >= 0.6 is 0 Å². The molecule has 21 heavy (non-hydrogen) atoms. The number of fused-ring (bicyclic) bond motifs is 1. The Bertz CT molecular complexity index is 798. The number of aromatic nitrogens is 4. The number of hydrogen-bond donors (Lipinski definition) is 2. The summed E-state index contributed by atoms with van der Waals surface area (Å²) in [6, 6.07) is 8.65. The van der Waals surface area contributed by atoms with Gasteiger partial charge in [-0.15, -0.1) is 15.3 Å². The molecule has 0 aliphatic heterocycles. The van der Waals surface area contributed by atoms with Crippen molar-refractivity contribution < 1.29 is 9.84 Å². The average Bonchev–Trinajstić information content (AvgIpc) is 2.96. The first-order chi connectivity index (χ1) is 10.3. The number of methoxy groups -OCH3 is 1. The molecule has 0 aliphatic carbocycles. The van der Waals surface area contributed by atoms with Gasteiger partial charge < -0.3 is 9.84 Å². The average molecular weight is 284 g/mol. The van der Waals surface area contributed by atoms with Crippen LogP contribution in [0.5, 0.6) is 11.5 Å². The molecule has 0 atom stereocenters. The maximum atomic E-state index is 9.92. The molecule has 106 valence electrons. The molecule has 1 aromatic carbocycles. The van der Waals surface area contributed by atoms with Crippen molar-refractivity contribution in [3.63, 3.8) is 0 Å². The first kappa shape index (κ1) is 12.9. The zero-order valence-electron chi connectivity index (χ0n) is 11.1. The van der Waals surface area contributed by atoms with Crippen LogP contribution in [0.25, 0.3) is 5.65 Å². The molecule has 8 nitrogen and oxygen atoms in total. The van der Waals surface area contributed by atoms with Crippen molar-refractivity contribution in [1.29, 1.82) is 0 Å². The molecule has 0 radical (unpaired) electrons. The van der Waals surface area contributed by atoms with Crippen molar-refractivity contribution in [2.45, 2.75) is 0 Å². The molecule has 0 unspecified atom stereocenters. The van der Waals surface area contributed by atoms with E-state index in [1.807, 2.05) is 0 Å². The molecule has 0 saturated carbocycles. The summed E-state index contributed by atoms with van der Waals surface area (Å²) in [6.45, 7) is 0. The van der Waals surface area contributed by atoms with Crippen LogP contribution in [0.3, 0.4) is 0 Å². The SMILES string of the molecule is COc1cccc(C=NNc2ccc3nncn3n2)c1O. The number of nitrogens with zero attached hydrogens (tertiary/aromatic N) is 5. The minimum absolute atomic E-state index is 0.0350. The predicted octanol–water partition coefficient (Wildman–Crippen LogP) is 1.28. The van der Waals surface area contributed by atoms with Crippen molar-refractivity contribution in [2.75, 3.05) is 12.5 Å². The van der Waals surface area contributed by atoms with Gasteiger partial charge in [-0.05, 0) is 24.3 Å². The number of rotatable bonds is 4. The molecule has 2 aromatic heterocycles. The van der Waals surface area contributed by atoms with Gasteiger partial charge in [-0.3, -0.25) is 5.43 Å². The van der Waals surface area contributed by atoms with Gasteiger partial charge in [0, 0.05) is 5.56 Å². The highest BCUT2D eigenvalue weighted by atomic mass is 16.5. The van der Waals surface area contributed by atoms with Gasteiger partial charge in [0.25, 0.3) is 0 Å². The summed E-state index contributed by atoms with van der Waals surface area (Å²) in [5.74, 6) is 0.955. The minimum atomic E-state index is 0.0350. The summed E-state index contributed by atoms with van der Waals surface area (Å²) in [4.78, 5) is 0. The Hall–Kier alpha value is -3.16. The van der Waals surface area contributed by atoms with Crippen molar-refractivity contribution in [3.05, 3.63) is 42.2 Å². The Morgan fingerprint density at radius 3 is 3.10 bits per heavy atom. The second kappa shape index (κ2) is 5.45. The van der Waals surface area contributed by atoms with E-state index in [2.05, 4.69) is 25.8 Å². The molecule has 2 N–H and O–H groups in total. The number of para-hydroxylation sites is 1. The molecule has 0 aliphatic rings. The molecule has 0 bridgehead atoms. The zero-order chi connectivity index (χ0) is 14.7. The second-order valence-corrected chi connectivity index (χ2v) is 4.12. The van der Waals surface area contributed by atoms with Crippen LogP contribution in [-0.2, 0) is 0 Å². The monoisotopic (exact) mass is 284 g/mol. The molecular formula is C13H12N6O2. The van der Waals surface area contributed by atoms with Gasteiger partial charge in [0.15, 0.2) is 23.0 Å². The maximum absolute atomic E-state index is 9.92. The molecule has 3 rings (SSSR count). The van der Waals surface area contributed by atoms with Crippen molar-refractivity contribution in [3.8, 4) is 11.5 Å². The van der Waals surface area contributed by atoms with E-state index in [1.54, 1.807) is 30.3 Å². The number of phenols is 1. The van der Waals surface area contributed by atoms with E-state index in [9.17, 15) is 5.11 Å². The number of benzene rings is 1. The number of phenolic OH excluding ortho intramolecular Hbond substituents is 1. The van der Waals surface area contributed by atoms with Crippen LogP contribution < -0.4 is 10.2 Å². The molecule has 0 saturated heterocycles. The normalized spacial score (nSPS) is 11.1.